The molecule has 2 heteroatoms. The van der Waals surface area contributed by atoms with Gasteiger partial charge < -0.3 is 5.32 Å². The molecule has 0 aliphatic heterocycles. The van der Waals surface area contributed by atoms with Gasteiger partial charge in [0.1, 0.15) is 0 Å². The van der Waals surface area contributed by atoms with Crippen molar-refractivity contribution in [2.45, 2.75) is 24.8 Å². The molecule has 3 rings (SSSR count). The molecule has 0 bridgehead atoms. The molecular weight excluding hydrogens is 266 g/mol. The van der Waals surface area contributed by atoms with Crippen LogP contribution >= 0.6 is 11.6 Å². The summed E-state index contributed by atoms with van der Waals surface area (Å²) in [5.41, 5.74) is 4.36. The van der Waals surface area contributed by atoms with Gasteiger partial charge in [0.15, 0.2) is 0 Å². The maximum absolute atomic E-state index is 6.10. The highest BCUT2D eigenvalue weighted by molar-refractivity contribution is 6.18. The average Bonchev–Trinajstić information content (AvgIpc) is 2.48. The molecule has 0 saturated carbocycles. The molecule has 2 unspecified atom stereocenters. The zero-order chi connectivity index (χ0) is 13.8. The third-order valence-electron chi connectivity index (χ3n) is 4.13. The summed E-state index contributed by atoms with van der Waals surface area (Å²) in [6.45, 7) is 1.03. The van der Waals surface area contributed by atoms with Crippen molar-refractivity contribution in [1.82, 2.24) is 5.32 Å². The lowest BCUT2D eigenvalue weighted by Gasteiger charge is -2.31. The lowest BCUT2D eigenvalue weighted by molar-refractivity contribution is 0.479. The van der Waals surface area contributed by atoms with Gasteiger partial charge >= 0.3 is 0 Å². The van der Waals surface area contributed by atoms with Gasteiger partial charge in [0.2, 0.25) is 0 Å². The number of benzene rings is 2. The fraction of sp³-hybridized carbons (Fsp3) is 0.333. The first-order chi connectivity index (χ1) is 9.86. The Morgan fingerprint density at radius 3 is 2.55 bits per heavy atom. The van der Waals surface area contributed by atoms with Crippen molar-refractivity contribution in [2.75, 3.05) is 12.4 Å². The Morgan fingerprint density at radius 2 is 1.80 bits per heavy atom. The van der Waals surface area contributed by atoms with Crippen molar-refractivity contribution >= 4 is 11.6 Å². The highest BCUT2D eigenvalue weighted by atomic mass is 35.5. The summed E-state index contributed by atoms with van der Waals surface area (Å²) in [6, 6.07) is 19.6. The molecule has 0 radical (unpaired) electrons. The van der Waals surface area contributed by atoms with Crippen molar-refractivity contribution in [1.29, 1.82) is 0 Å². The molecule has 2 atom stereocenters. The molecule has 1 aliphatic carbocycles. The minimum Gasteiger partial charge on any atom is -0.312 e. The van der Waals surface area contributed by atoms with Crippen LogP contribution in [-0.4, -0.2) is 18.5 Å². The normalized spacial score (nSPS) is 18.1. The first-order valence-electron chi connectivity index (χ1n) is 7.28. The molecule has 104 valence electrons. The van der Waals surface area contributed by atoms with Gasteiger partial charge in [-0.1, -0.05) is 54.6 Å². The van der Waals surface area contributed by atoms with E-state index in [0.29, 0.717) is 17.8 Å². The van der Waals surface area contributed by atoms with E-state index in [4.69, 9.17) is 11.6 Å². The van der Waals surface area contributed by atoms with E-state index in [0.717, 1.165) is 13.0 Å². The Hall–Kier alpha value is -1.31. The highest BCUT2D eigenvalue weighted by Gasteiger charge is 2.25. The van der Waals surface area contributed by atoms with E-state index in [-0.39, 0.29) is 0 Å². The standard InChI is InChI=1S/C18H20ClN/c19-12-17(10-14-6-2-1-3-7-14)20-13-16-11-15-8-4-5-9-18(15)16/h1-9,16-17,20H,10-13H2. The van der Waals surface area contributed by atoms with Crippen LogP contribution in [0.25, 0.3) is 0 Å². The minimum absolute atomic E-state index is 0.354. The predicted molar refractivity (Wildman–Crippen MR) is 85.5 cm³/mol. The van der Waals surface area contributed by atoms with Crippen molar-refractivity contribution in [2.24, 2.45) is 0 Å². The van der Waals surface area contributed by atoms with E-state index in [1.165, 1.54) is 23.1 Å². The second-order valence-electron chi connectivity index (χ2n) is 5.55. The number of hydrogen-bond acceptors (Lipinski definition) is 1. The molecule has 0 fully saturated rings. The van der Waals surface area contributed by atoms with Gasteiger partial charge in [-0.3, -0.25) is 0 Å². The Balaban J connectivity index is 1.53. The molecule has 0 amide bonds. The summed E-state index contributed by atoms with van der Waals surface area (Å²) >= 11 is 6.10. The molecule has 2 aromatic rings. The Morgan fingerprint density at radius 1 is 1.05 bits per heavy atom. The van der Waals surface area contributed by atoms with Crippen LogP contribution in [0.3, 0.4) is 0 Å². The molecule has 1 aliphatic rings. The van der Waals surface area contributed by atoms with Gasteiger partial charge in [-0.25, -0.2) is 0 Å². The number of rotatable bonds is 6. The molecule has 0 spiro atoms. The summed E-state index contributed by atoms with van der Waals surface area (Å²) < 4.78 is 0. The van der Waals surface area contributed by atoms with Crippen LogP contribution in [0, 0.1) is 0 Å². The second-order valence-corrected chi connectivity index (χ2v) is 5.86. The molecule has 20 heavy (non-hydrogen) atoms. The van der Waals surface area contributed by atoms with Gasteiger partial charge in [-0.15, -0.1) is 11.6 Å². The third-order valence-corrected chi connectivity index (χ3v) is 4.50. The van der Waals surface area contributed by atoms with Crippen molar-refractivity contribution in [3.63, 3.8) is 0 Å². The van der Waals surface area contributed by atoms with E-state index in [9.17, 15) is 0 Å². The smallest absolute Gasteiger partial charge is 0.0380 e. The maximum atomic E-state index is 6.10. The molecular formula is C18H20ClN. The first-order valence-corrected chi connectivity index (χ1v) is 7.81. The lowest BCUT2D eigenvalue weighted by atomic mass is 9.77. The summed E-state index contributed by atoms with van der Waals surface area (Å²) in [7, 11) is 0. The average molecular weight is 286 g/mol. The van der Waals surface area contributed by atoms with Crippen LogP contribution in [-0.2, 0) is 12.8 Å². The predicted octanol–water partition coefficient (Wildman–Crippen LogP) is 3.77. The van der Waals surface area contributed by atoms with Crippen LogP contribution in [0.5, 0.6) is 0 Å². The number of fused-ring (bicyclic) bond motifs is 1. The largest absolute Gasteiger partial charge is 0.312 e. The van der Waals surface area contributed by atoms with Gasteiger partial charge in [0, 0.05) is 24.4 Å². The van der Waals surface area contributed by atoms with Crippen LogP contribution in [0.4, 0.5) is 0 Å². The van der Waals surface area contributed by atoms with Crippen LogP contribution < -0.4 is 5.32 Å². The van der Waals surface area contributed by atoms with Gasteiger partial charge in [-0.2, -0.15) is 0 Å². The monoisotopic (exact) mass is 285 g/mol. The Bertz CT molecular complexity index is 552. The van der Waals surface area contributed by atoms with Gasteiger partial charge in [0.25, 0.3) is 0 Å². The van der Waals surface area contributed by atoms with Gasteiger partial charge in [-0.05, 0) is 29.5 Å². The number of halogens is 1. The van der Waals surface area contributed by atoms with Crippen molar-refractivity contribution in [3.05, 3.63) is 71.3 Å². The van der Waals surface area contributed by atoms with Crippen LogP contribution in [0.1, 0.15) is 22.6 Å². The van der Waals surface area contributed by atoms with E-state index >= 15 is 0 Å². The minimum atomic E-state index is 0.354. The Labute approximate surface area is 126 Å². The fourth-order valence-electron chi connectivity index (χ4n) is 2.93. The summed E-state index contributed by atoms with van der Waals surface area (Å²) in [6.07, 6.45) is 2.20. The van der Waals surface area contributed by atoms with E-state index in [1.807, 2.05) is 0 Å². The van der Waals surface area contributed by atoms with E-state index < -0.39 is 0 Å². The zero-order valence-electron chi connectivity index (χ0n) is 11.6. The molecule has 1 N–H and O–H groups in total. The summed E-state index contributed by atoms with van der Waals surface area (Å²) in [5.74, 6) is 1.32. The number of hydrogen-bond donors (Lipinski definition) is 1. The molecule has 1 nitrogen and oxygen atoms in total. The van der Waals surface area contributed by atoms with Crippen LogP contribution in [0.2, 0.25) is 0 Å². The first kappa shape index (κ1) is 13.7. The van der Waals surface area contributed by atoms with E-state index in [2.05, 4.69) is 59.9 Å². The molecule has 0 aromatic heterocycles. The fourth-order valence-corrected chi connectivity index (χ4v) is 3.15. The topological polar surface area (TPSA) is 12.0 Å². The maximum Gasteiger partial charge on any atom is 0.0380 e. The lowest BCUT2D eigenvalue weighted by Crippen LogP contribution is -2.38. The summed E-state index contributed by atoms with van der Waals surface area (Å²) in [5, 5.41) is 3.63. The molecule has 0 heterocycles. The third kappa shape index (κ3) is 3.05. The quantitative estimate of drug-likeness (QED) is 0.797. The molecule has 2 aromatic carbocycles. The van der Waals surface area contributed by atoms with Gasteiger partial charge in [0.05, 0.1) is 0 Å². The number of alkyl halides is 1. The van der Waals surface area contributed by atoms with Crippen LogP contribution in [0.15, 0.2) is 54.6 Å². The Kier molecular flexibility index (Phi) is 4.39. The second kappa shape index (κ2) is 6.43. The summed E-state index contributed by atoms with van der Waals surface area (Å²) in [4.78, 5) is 0. The highest BCUT2D eigenvalue weighted by Crippen LogP contribution is 2.34. The zero-order valence-corrected chi connectivity index (χ0v) is 12.3. The SMILES string of the molecule is ClCC(Cc1ccccc1)NCC1Cc2ccccc21. The van der Waals surface area contributed by atoms with E-state index in [1.54, 1.807) is 0 Å². The van der Waals surface area contributed by atoms with Crippen molar-refractivity contribution < 1.29 is 0 Å². The van der Waals surface area contributed by atoms with Crippen molar-refractivity contribution in [3.8, 4) is 0 Å². The number of nitrogens with one attached hydrogen (secondary N) is 1. The molecule has 0 saturated heterocycles.